The highest BCUT2D eigenvalue weighted by Gasteiger charge is 2.07. The van der Waals surface area contributed by atoms with Gasteiger partial charge in [-0.25, -0.2) is 8.42 Å². The van der Waals surface area contributed by atoms with Crippen LogP contribution in [0.5, 0.6) is 0 Å². The lowest BCUT2D eigenvalue weighted by atomic mass is 10.0. The van der Waals surface area contributed by atoms with E-state index < -0.39 is 9.84 Å². The van der Waals surface area contributed by atoms with Crippen LogP contribution >= 0.6 is 0 Å². The first-order chi connectivity index (χ1) is 8.45. The zero-order valence-corrected chi connectivity index (χ0v) is 11.4. The summed E-state index contributed by atoms with van der Waals surface area (Å²) in [4.78, 5) is 0.382. The molecule has 2 aromatic rings. The van der Waals surface area contributed by atoms with Gasteiger partial charge in [-0.2, -0.15) is 0 Å². The fourth-order valence-electron chi connectivity index (χ4n) is 1.94. The third-order valence-electron chi connectivity index (χ3n) is 2.82. The first-order valence-electron chi connectivity index (χ1n) is 5.80. The molecule has 0 aliphatic heterocycles. The van der Waals surface area contributed by atoms with Crippen LogP contribution in [-0.2, 0) is 16.3 Å². The van der Waals surface area contributed by atoms with Gasteiger partial charge in [0.15, 0.2) is 9.84 Å². The summed E-state index contributed by atoms with van der Waals surface area (Å²) < 4.78 is 23.0. The Morgan fingerprint density at radius 1 is 0.944 bits per heavy atom. The molecule has 0 N–H and O–H groups in total. The van der Waals surface area contributed by atoms with Crippen molar-refractivity contribution in [2.24, 2.45) is 0 Å². The summed E-state index contributed by atoms with van der Waals surface area (Å²) >= 11 is 0. The smallest absolute Gasteiger partial charge is 0.175 e. The SMILES string of the molecule is Cc1cccc(Cc2cccc(S(C)(=O)=O)c2)c1. The molecule has 0 saturated carbocycles. The molecule has 2 nitrogen and oxygen atoms in total. The quantitative estimate of drug-likeness (QED) is 0.850. The molecule has 0 radical (unpaired) electrons. The molecule has 0 unspecified atom stereocenters. The molecule has 0 aliphatic carbocycles. The zero-order chi connectivity index (χ0) is 13.2. The summed E-state index contributed by atoms with van der Waals surface area (Å²) in [5.74, 6) is 0. The lowest BCUT2D eigenvalue weighted by Gasteiger charge is -2.05. The van der Waals surface area contributed by atoms with Gasteiger partial charge in [-0.05, 0) is 36.6 Å². The van der Waals surface area contributed by atoms with E-state index in [9.17, 15) is 8.42 Å². The van der Waals surface area contributed by atoms with Crippen molar-refractivity contribution in [2.75, 3.05) is 6.26 Å². The van der Waals surface area contributed by atoms with Crippen molar-refractivity contribution >= 4 is 9.84 Å². The Morgan fingerprint density at radius 3 is 2.17 bits per heavy atom. The molecule has 0 heterocycles. The summed E-state index contributed by atoms with van der Waals surface area (Å²) in [5.41, 5.74) is 3.43. The number of aryl methyl sites for hydroxylation is 1. The van der Waals surface area contributed by atoms with E-state index in [1.54, 1.807) is 18.2 Å². The van der Waals surface area contributed by atoms with Crippen LogP contribution in [0.2, 0.25) is 0 Å². The monoisotopic (exact) mass is 260 g/mol. The Hall–Kier alpha value is -1.61. The van der Waals surface area contributed by atoms with Crippen LogP contribution in [0.1, 0.15) is 16.7 Å². The van der Waals surface area contributed by atoms with Gasteiger partial charge in [-0.3, -0.25) is 0 Å². The second-order valence-corrected chi connectivity index (χ2v) is 6.60. The first-order valence-corrected chi connectivity index (χ1v) is 7.69. The molecule has 0 fully saturated rings. The molecule has 0 saturated heterocycles. The van der Waals surface area contributed by atoms with Crippen molar-refractivity contribution in [3.05, 3.63) is 65.2 Å². The van der Waals surface area contributed by atoms with Gasteiger partial charge in [0.25, 0.3) is 0 Å². The molecular weight excluding hydrogens is 244 g/mol. The van der Waals surface area contributed by atoms with Crippen LogP contribution in [-0.4, -0.2) is 14.7 Å². The zero-order valence-electron chi connectivity index (χ0n) is 10.6. The van der Waals surface area contributed by atoms with Crippen LogP contribution in [0.3, 0.4) is 0 Å². The van der Waals surface area contributed by atoms with Gasteiger partial charge in [0, 0.05) is 6.26 Å². The molecule has 0 bridgehead atoms. The summed E-state index contributed by atoms with van der Waals surface area (Å²) in [7, 11) is -3.13. The summed E-state index contributed by atoms with van der Waals surface area (Å²) in [6, 6.07) is 15.4. The highest BCUT2D eigenvalue weighted by Crippen LogP contribution is 2.15. The van der Waals surface area contributed by atoms with Crippen molar-refractivity contribution in [2.45, 2.75) is 18.2 Å². The lowest BCUT2D eigenvalue weighted by molar-refractivity contribution is 0.602. The van der Waals surface area contributed by atoms with Crippen LogP contribution in [0.25, 0.3) is 0 Å². The minimum Gasteiger partial charge on any atom is -0.224 e. The third-order valence-corrected chi connectivity index (χ3v) is 3.93. The van der Waals surface area contributed by atoms with Gasteiger partial charge < -0.3 is 0 Å². The Morgan fingerprint density at radius 2 is 1.56 bits per heavy atom. The predicted molar refractivity (Wildman–Crippen MR) is 73.5 cm³/mol. The maximum Gasteiger partial charge on any atom is 0.175 e. The number of benzene rings is 2. The van der Waals surface area contributed by atoms with E-state index in [1.165, 1.54) is 17.4 Å². The lowest BCUT2D eigenvalue weighted by Crippen LogP contribution is -1.98. The largest absolute Gasteiger partial charge is 0.224 e. The fourth-order valence-corrected chi connectivity index (χ4v) is 2.64. The minimum atomic E-state index is -3.13. The predicted octanol–water partition coefficient (Wildman–Crippen LogP) is 2.99. The number of rotatable bonds is 3. The van der Waals surface area contributed by atoms with Crippen molar-refractivity contribution in [3.8, 4) is 0 Å². The Balaban J connectivity index is 2.30. The molecule has 2 aromatic carbocycles. The summed E-state index contributed by atoms with van der Waals surface area (Å²) in [6.45, 7) is 2.05. The van der Waals surface area contributed by atoms with E-state index >= 15 is 0 Å². The van der Waals surface area contributed by atoms with E-state index in [-0.39, 0.29) is 0 Å². The second kappa shape index (κ2) is 4.94. The average Bonchev–Trinajstić information content (AvgIpc) is 2.28. The molecule has 2 rings (SSSR count). The van der Waals surface area contributed by atoms with E-state index in [0.29, 0.717) is 4.90 Å². The van der Waals surface area contributed by atoms with Gasteiger partial charge >= 0.3 is 0 Å². The van der Waals surface area contributed by atoms with Crippen molar-refractivity contribution in [1.29, 1.82) is 0 Å². The average molecular weight is 260 g/mol. The van der Waals surface area contributed by atoms with E-state index in [4.69, 9.17) is 0 Å². The van der Waals surface area contributed by atoms with Crippen molar-refractivity contribution < 1.29 is 8.42 Å². The van der Waals surface area contributed by atoms with E-state index in [2.05, 4.69) is 25.1 Å². The highest BCUT2D eigenvalue weighted by atomic mass is 32.2. The summed E-state index contributed by atoms with van der Waals surface area (Å²) in [6.07, 6.45) is 1.99. The highest BCUT2D eigenvalue weighted by molar-refractivity contribution is 7.90. The molecule has 0 spiro atoms. The first kappa shape index (κ1) is 12.8. The van der Waals surface area contributed by atoms with E-state index in [0.717, 1.165) is 12.0 Å². The molecule has 0 atom stereocenters. The minimum absolute atomic E-state index is 0.382. The number of hydrogen-bond donors (Lipinski definition) is 0. The van der Waals surface area contributed by atoms with Gasteiger partial charge in [0.1, 0.15) is 0 Å². The Labute approximate surface area is 108 Å². The molecule has 18 heavy (non-hydrogen) atoms. The normalized spacial score (nSPS) is 11.4. The van der Waals surface area contributed by atoms with Crippen LogP contribution < -0.4 is 0 Å². The van der Waals surface area contributed by atoms with Gasteiger partial charge in [0.05, 0.1) is 4.90 Å². The Kier molecular flexibility index (Phi) is 3.53. The van der Waals surface area contributed by atoms with Crippen LogP contribution in [0.4, 0.5) is 0 Å². The van der Waals surface area contributed by atoms with Gasteiger partial charge in [-0.15, -0.1) is 0 Å². The second-order valence-electron chi connectivity index (χ2n) is 4.59. The number of sulfone groups is 1. The number of hydrogen-bond acceptors (Lipinski definition) is 2. The van der Waals surface area contributed by atoms with Gasteiger partial charge in [-0.1, -0.05) is 42.0 Å². The molecular formula is C15H16O2S. The maximum absolute atomic E-state index is 11.5. The molecule has 3 heteroatoms. The van der Waals surface area contributed by atoms with E-state index in [1.807, 2.05) is 12.1 Å². The Bertz CT molecular complexity index is 658. The molecule has 0 aromatic heterocycles. The molecule has 0 aliphatic rings. The third kappa shape index (κ3) is 3.20. The fraction of sp³-hybridized carbons (Fsp3) is 0.200. The standard InChI is InChI=1S/C15H16O2S/c1-12-5-3-6-13(9-12)10-14-7-4-8-15(11-14)18(2,16)17/h3-9,11H,10H2,1-2H3. The van der Waals surface area contributed by atoms with Crippen LogP contribution in [0, 0.1) is 6.92 Å². The maximum atomic E-state index is 11.5. The van der Waals surface area contributed by atoms with Crippen molar-refractivity contribution in [1.82, 2.24) is 0 Å². The van der Waals surface area contributed by atoms with Gasteiger partial charge in [0.2, 0.25) is 0 Å². The van der Waals surface area contributed by atoms with Crippen LogP contribution in [0.15, 0.2) is 53.4 Å². The topological polar surface area (TPSA) is 34.1 Å². The molecule has 94 valence electrons. The van der Waals surface area contributed by atoms with Crippen molar-refractivity contribution in [3.63, 3.8) is 0 Å². The summed E-state index contributed by atoms with van der Waals surface area (Å²) in [5, 5.41) is 0. The molecule has 0 amide bonds.